The van der Waals surface area contributed by atoms with Crippen molar-refractivity contribution in [1.29, 1.82) is 0 Å². The lowest BCUT2D eigenvalue weighted by atomic mass is 10.3. The molecule has 5 heteroatoms. The summed E-state index contributed by atoms with van der Waals surface area (Å²) in [4.78, 5) is 4.11. The van der Waals surface area contributed by atoms with Crippen LogP contribution in [-0.4, -0.2) is 19.7 Å². The largest absolute Gasteiger partial charge is 0.246 e. The van der Waals surface area contributed by atoms with Crippen LogP contribution in [0.25, 0.3) is 0 Å². The van der Waals surface area contributed by atoms with Gasteiger partial charge in [-0.15, -0.1) is 0 Å². The molecule has 0 N–H and O–H groups in total. The van der Waals surface area contributed by atoms with Gasteiger partial charge < -0.3 is 0 Å². The van der Waals surface area contributed by atoms with Crippen molar-refractivity contribution in [3.05, 3.63) is 28.0 Å². The first-order chi connectivity index (χ1) is 5.88. The molecule has 0 amide bonds. The Morgan fingerprint density at radius 2 is 2.08 bits per heavy atom. The summed E-state index contributed by atoms with van der Waals surface area (Å²) in [7, 11) is -2.98. The molecule has 0 aliphatic heterocycles. The summed E-state index contributed by atoms with van der Waals surface area (Å²) in [6.07, 6.45) is 1.21. The van der Waals surface area contributed by atoms with Gasteiger partial charge in [-0.05, 0) is 34.5 Å². The van der Waals surface area contributed by atoms with Gasteiger partial charge in [0.1, 0.15) is 4.60 Å². The monoisotopic (exact) mass is 263 g/mol. The van der Waals surface area contributed by atoms with E-state index in [1.54, 1.807) is 12.1 Å². The van der Waals surface area contributed by atoms with Crippen LogP contribution in [0, 0.1) is 6.92 Å². The van der Waals surface area contributed by atoms with Crippen molar-refractivity contribution < 1.29 is 8.42 Å². The molecule has 0 aliphatic rings. The van der Waals surface area contributed by atoms with Crippen LogP contribution in [0.2, 0.25) is 0 Å². The second kappa shape index (κ2) is 3.75. The van der Waals surface area contributed by atoms with Gasteiger partial charge in [0, 0.05) is 11.9 Å². The number of sulfone groups is 1. The number of rotatable bonds is 2. The molecule has 0 radical (unpaired) electrons. The molecule has 72 valence electrons. The molecule has 3 nitrogen and oxygen atoms in total. The summed E-state index contributed by atoms with van der Waals surface area (Å²) in [5.41, 5.74) is 1.57. The third-order valence-corrected chi connectivity index (χ3v) is 3.00. The maximum absolute atomic E-state index is 11.0. The zero-order chi connectivity index (χ0) is 10.1. The van der Waals surface area contributed by atoms with Crippen molar-refractivity contribution >= 4 is 25.8 Å². The van der Waals surface area contributed by atoms with Gasteiger partial charge in [-0.2, -0.15) is 0 Å². The third-order valence-electron chi connectivity index (χ3n) is 1.48. The van der Waals surface area contributed by atoms with Crippen LogP contribution in [0.3, 0.4) is 0 Å². The number of nitrogens with zero attached hydrogens (tertiary/aromatic N) is 1. The fourth-order valence-corrected chi connectivity index (χ4v) is 2.48. The van der Waals surface area contributed by atoms with E-state index in [2.05, 4.69) is 20.9 Å². The maximum Gasteiger partial charge on any atom is 0.151 e. The molecule has 0 saturated carbocycles. The Hall–Kier alpha value is -0.420. The first kappa shape index (κ1) is 10.7. The average Bonchev–Trinajstić information content (AvgIpc) is 1.93. The van der Waals surface area contributed by atoms with Crippen molar-refractivity contribution in [2.24, 2.45) is 0 Å². The third kappa shape index (κ3) is 3.44. The molecule has 0 aliphatic carbocycles. The van der Waals surface area contributed by atoms with E-state index < -0.39 is 9.84 Å². The molecule has 1 aromatic heterocycles. The molecule has 1 aromatic rings. The minimum absolute atomic E-state index is 0.0286. The number of aromatic nitrogens is 1. The van der Waals surface area contributed by atoms with Crippen LogP contribution in [0.4, 0.5) is 0 Å². The molecule has 0 aromatic carbocycles. The quantitative estimate of drug-likeness (QED) is 0.764. The van der Waals surface area contributed by atoms with Crippen molar-refractivity contribution in [3.8, 4) is 0 Å². The smallest absolute Gasteiger partial charge is 0.151 e. The SMILES string of the molecule is Cc1ccc(CS(C)(=O)=O)c(Br)n1. The summed E-state index contributed by atoms with van der Waals surface area (Å²) in [6, 6.07) is 3.57. The first-order valence-corrected chi connectivity index (χ1v) is 6.53. The van der Waals surface area contributed by atoms with Crippen molar-refractivity contribution in [2.75, 3.05) is 6.26 Å². The van der Waals surface area contributed by atoms with E-state index >= 15 is 0 Å². The van der Waals surface area contributed by atoms with Crippen LogP contribution < -0.4 is 0 Å². The van der Waals surface area contributed by atoms with Gasteiger partial charge in [0.25, 0.3) is 0 Å². The van der Waals surface area contributed by atoms with Gasteiger partial charge in [0.15, 0.2) is 9.84 Å². The molecule has 0 unspecified atom stereocenters. The van der Waals surface area contributed by atoms with Gasteiger partial charge in [-0.3, -0.25) is 0 Å². The molecule has 0 bridgehead atoms. The number of hydrogen-bond acceptors (Lipinski definition) is 3. The highest BCUT2D eigenvalue weighted by atomic mass is 79.9. The molecule has 1 rings (SSSR count). The molecule has 1 heterocycles. The van der Waals surface area contributed by atoms with Crippen LogP contribution >= 0.6 is 15.9 Å². The predicted molar refractivity (Wildman–Crippen MR) is 55.2 cm³/mol. The Balaban J connectivity index is 3.04. The van der Waals surface area contributed by atoms with E-state index in [0.29, 0.717) is 10.2 Å². The normalized spacial score (nSPS) is 11.6. The Morgan fingerprint density at radius 1 is 1.46 bits per heavy atom. The standard InChI is InChI=1S/C8H10BrNO2S/c1-6-3-4-7(8(9)10-6)5-13(2,11)12/h3-4H,5H2,1-2H3. The number of halogens is 1. The number of hydrogen-bond donors (Lipinski definition) is 0. The highest BCUT2D eigenvalue weighted by Gasteiger charge is 2.08. The summed E-state index contributed by atoms with van der Waals surface area (Å²) in [5, 5.41) is 0. The summed E-state index contributed by atoms with van der Waals surface area (Å²) < 4.78 is 22.6. The summed E-state index contributed by atoms with van der Waals surface area (Å²) in [6.45, 7) is 1.86. The fourth-order valence-electron chi connectivity index (χ4n) is 0.944. The Kier molecular flexibility index (Phi) is 3.08. The minimum Gasteiger partial charge on any atom is -0.246 e. The molecule has 0 spiro atoms. The minimum atomic E-state index is -2.98. The summed E-state index contributed by atoms with van der Waals surface area (Å²) in [5.74, 6) is 0.0286. The van der Waals surface area contributed by atoms with Gasteiger partial charge in [0.2, 0.25) is 0 Å². The molecule has 13 heavy (non-hydrogen) atoms. The Labute approximate surface area is 86.2 Å². The van der Waals surface area contributed by atoms with E-state index in [-0.39, 0.29) is 5.75 Å². The zero-order valence-electron chi connectivity index (χ0n) is 7.41. The summed E-state index contributed by atoms with van der Waals surface area (Å²) >= 11 is 3.22. The van der Waals surface area contributed by atoms with Gasteiger partial charge in [-0.1, -0.05) is 6.07 Å². The molecule has 0 fully saturated rings. The lowest BCUT2D eigenvalue weighted by Gasteiger charge is -2.02. The van der Waals surface area contributed by atoms with E-state index in [1.165, 1.54) is 6.26 Å². The van der Waals surface area contributed by atoms with E-state index in [1.807, 2.05) is 6.92 Å². The number of pyridine rings is 1. The Morgan fingerprint density at radius 3 is 2.54 bits per heavy atom. The Bertz CT molecular complexity index is 414. The van der Waals surface area contributed by atoms with Crippen LogP contribution in [-0.2, 0) is 15.6 Å². The lowest BCUT2D eigenvalue weighted by molar-refractivity contribution is 0.601. The van der Waals surface area contributed by atoms with E-state index in [4.69, 9.17) is 0 Å². The zero-order valence-corrected chi connectivity index (χ0v) is 9.81. The predicted octanol–water partition coefficient (Wildman–Crippen LogP) is 1.70. The van der Waals surface area contributed by atoms with Gasteiger partial charge in [-0.25, -0.2) is 13.4 Å². The highest BCUT2D eigenvalue weighted by Crippen LogP contribution is 2.16. The lowest BCUT2D eigenvalue weighted by Crippen LogP contribution is -2.02. The van der Waals surface area contributed by atoms with Crippen molar-refractivity contribution in [3.63, 3.8) is 0 Å². The van der Waals surface area contributed by atoms with Crippen molar-refractivity contribution in [1.82, 2.24) is 4.98 Å². The first-order valence-electron chi connectivity index (χ1n) is 3.68. The van der Waals surface area contributed by atoms with Crippen molar-refractivity contribution in [2.45, 2.75) is 12.7 Å². The average molecular weight is 264 g/mol. The van der Waals surface area contributed by atoms with Crippen LogP contribution in [0.15, 0.2) is 16.7 Å². The topological polar surface area (TPSA) is 47.0 Å². The maximum atomic E-state index is 11.0. The van der Waals surface area contributed by atoms with Crippen LogP contribution in [0.1, 0.15) is 11.3 Å². The van der Waals surface area contributed by atoms with Crippen LogP contribution in [0.5, 0.6) is 0 Å². The molecule has 0 saturated heterocycles. The van der Waals surface area contributed by atoms with Gasteiger partial charge in [0.05, 0.1) is 5.75 Å². The van der Waals surface area contributed by atoms with Gasteiger partial charge >= 0.3 is 0 Å². The van der Waals surface area contributed by atoms with E-state index in [9.17, 15) is 8.42 Å². The second-order valence-corrected chi connectivity index (χ2v) is 5.86. The number of aryl methyl sites for hydroxylation is 1. The van der Waals surface area contributed by atoms with E-state index in [0.717, 1.165) is 5.69 Å². The highest BCUT2D eigenvalue weighted by molar-refractivity contribution is 9.10. The fraction of sp³-hybridized carbons (Fsp3) is 0.375. The molecular formula is C8H10BrNO2S. The molecule has 0 atom stereocenters. The molecular weight excluding hydrogens is 254 g/mol. The second-order valence-electron chi connectivity index (χ2n) is 2.97.